The van der Waals surface area contributed by atoms with E-state index in [0.29, 0.717) is 22.4 Å². The molecule has 0 saturated carbocycles. The average molecular weight is 1110 g/mol. The lowest BCUT2D eigenvalue weighted by atomic mass is 10.00. The molecule has 3 aromatic heterocycles. The molecule has 0 atom stereocenters. The van der Waals surface area contributed by atoms with E-state index in [2.05, 4.69) is 138 Å². The van der Waals surface area contributed by atoms with Gasteiger partial charge in [-0.15, -0.1) is 0 Å². The molecule has 0 radical (unpaired) electrons. The number of aromatic nitrogens is 5. The summed E-state index contributed by atoms with van der Waals surface area (Å²) in [7, 11) is 0. The normalized spacial score (nSPS) is 11.7. The van der Waals surface area contributed by atoms with Gasteiger partial charge >= 0.3 is 6.18 Å². The molecular weight excluding hydrogens is 1070 g/mol. The summed E-state index contributed by atoms with van der Waals surface area (Å²) in [6.45, 7) is 0. The van der Waals surface area contributed by atoms with Crippen LogP contribution in [0.1, 0.15) is 11.1 Å². The monoisotopic (exact) mass is 1110 g/mol. The number of alkyl halides is 3. The van der Waals surface area contributed by atoms with Gasteiger partial charge in [0.05, 0.1) is 50.6 Å². The number of rotatable bonds is 10. The molecule has 406 valence electrons. The second-order valence-electron chi connectivity index (χ2n) is 21.4. The van der Waals surface area contributed by atoms with Crippen LogP contribution in [0.5, 0.6) is 0 Å². The van der Waals surface area contributed by atoms with E-state index in [9.17, 15) is 5.26 Å². The van der Waals surface area contributed by atoms with Crippen molar-refractivity contribution in [3.05, 3.63) is 296 Å². The highest BCUT2D eigenvalue weighted by atomic mass is 19.4. The van der Waals surface area contributed by atoms with Crippen LogP contribution in [0.15, 0.2) is 285 Å². The number of fused-ring (bicyclic) bond motifs is 6. The van der Waals surface area contributed by atoms with Gasteiger partial charge in [-0.25, -0.2) is 15.0 Å². The first-order chi connectivity index (χ1) is 42.2. The first-order valence-electron chi connectivity index (χ1n) is 28.3. The molecule has 86 heavy (non-hydrogen) atoms. The fourth-order valence-corrected chi connectivity index (χ4v) is 12.0. The molecule has 3 heterocycles. The predicted octanol–water partition coefficient (Wildman–Crippen LogP) is 20.3. The second-order valence-corrected chi connectivity index (χ2v) is 21.4. The second kappa shape index (κ2) is 21.1. The van der Waals surface area contributed by atoms with E-state index >= 15 is 13.2 Å². The van der Waals surface area contributed by atoms with Crippen LogP contribution in [0.25, 0.3) is 145 Å². The molecule has 0 amide bonds. The van der Waals surface area contributed by atoms with Gasteiger partial charge in [-0.3, -0.25) is 0 Å². The highest BCUT2D eigenvalue weighted by molar-refractivity contribution is 6.13. The van der Waals surface area contributed by atoms with E-state index in [4.69, 9.17) is 15.0 Å². The topological polar surface area (TPSA) is 72.3 Å². The zero-order valence-corrected chi connectivity index (χ0v) is 46.0. The van der Waals surface area contributed by atoms with Gasteiger partial charge in [0, 0.05) is 38.2 Å². The summed E-state index contributed by atoms with van der Waals surface area (Å²) >= 11 is 0. The molecule has 0 saturated heterocycles. The van der Waals surface area contributed by atoms with Gasteiger partial charge in [0.15, 0.2) is 17.5 Å². The molecule has 12 aromatic carbocycles. The van der Waals surface area contributed by atoms with Crippen molar-refractivity contribution >= 4 is 43.6 Å². The molecule has 0 unspecified atom stereocenters. The summed E-state index contributed by atoms with van der Waals surface area (Å²) in [6, 6.07) is 95.7. The quantitative estimate of drug-likeness (QED) is 0.137. The first-order valence-corrected chi connectivity index (χ1v) is 28.3. The van der Waals surface area contributed by atoms with E-state index in [1.54, 1.807) is 18.2 Å². The molecule has 0 aliphatic heterocycles. The van der Waals surface area contributed by atoms with Crippen molar-refractivity contribution in [1.29, 1.82) is 5.26 Å². The van der Waals surface area contributed by atoms with Crippen LogP contribution >= 0.6 is 0 Å². The third kappa shape index (κ3) is 9.23. The molecule has 15 rings (SSSR count). The molecule has 0 spiro atoms. The Bertz CT molecular complexity index is 4940. The highest BCUT2D eigenvalue weighted by Gasteiger charge is 2.33. The third-order valence-electron chi connectivity index (χ3n) is 16.3. The van der Waals surface area contributed by atoms with Gasteiger partial charge in [-0.1, -0.05) is 194 Å². The lowest BCUT2D eigenvalue weighted by Gasteiger charge is -2.18. The number of halogens is 3. The SMILES string of the molecule is N#Cc1ccc(-c2ccc(-c3nc(-c4ccccc4)nc(-c4cc(C(F)(F)F)ccc4-n4c5ccc(-c6ccccc6)cc5c5cc(-c6ccccc6)ccc54)n3)c(-n3c4ccc(-c5ccccc5)cc4c4cc(-c5ccccc5)ccc43)c2)cc1. The minimum absolute atomic E-state index is 0.0520. The Morgan fingerprint density at radius 3 is 1.03 bits per heavy atom. The summed E-state index contributed by atoms with van der Waals surface area (Å²) in [4.78, 5) is 15.8. The number of hydrogen-bond donors (Lipinski definition) is 0. The van der Waals surface area contributed by atoms with Crippen molar-refractivity contribution in [2.75, 3.05) is 0 Å². The zero-order valence-electron chi connectivity index (χ0n) is 46.0. The molecule has 0 aliphatic carbocycles. The molecule has 15 aromatic rings. The lowest BCUT2D eigenvalue weighted by Crippen LogP contribution is -2.09. The fraction of sp³-hybridized carbons (Fsp3) is 0.0130. The van der Waals surface area contributed by atoms with Crippen LogP contribution in [0, 0.1) is 11.3 Å². The maximum Gasteiger partial charge on any atom is 0.416 e. The van der Waals surface area contributed by atoms with Gasteiger partial charge in [0.25, 0.3) is 0 Å². The molecule has 6 nitrogen and oxygen atoms in total. The highest BCUT2D eigenvalue weighted by Crippen LogP contribution is 2.44. The van der Waals surface area contributed by atoms with Crippen molar-refractivity contribution in [2.45, 2.75) is 6.18 Å². The Balaban J connectivity index is 1.01. The van der Waals surface area contributed by atoms with E-state index in [1.807, 2.05) is 132 Å². The van der Waals surface area contributed by atoms with Gasteiger partial charge in [0.1, 0.15) is 0 Å². The molecule has 0 bridgehead atoms. The van der Waals surface area contributed by atoms with Crippen LogP contribution in [-0.4, -0.2) is 24.1 Å². The number of nitrogens with zero attached hydrogens (tertiary/aromatic N) is 6. The average Bonchev–Trinajstić information content (AvgIpc) is 1.97. The lowest BCUT2D eigenvalue weighted by molar-refractivity contribution is -0.137. The largest absolute Gasteiger partial charge is 0.416 e. The summed E-state index contributed by atoms with van der Waals surface area (Å²) in [5, 5.41) is 13.7. The van der Waals surface area contributed by atoms with E-state index in [0.717, 1.165) is 111 Å². The predicted molar refractivity (Wildman–Crippen MR) is 342 cm³/mol. The van der Waals surface area contributed by atoms with E-state index in [-0.39, 0.29) is 23.0 Å². The maximum atomic E-state index is 15.4. The van der Waals surface area contributed by atoms with Crippen molar-refractivity contribution in [2.24, 2.45) is 0 Å². The van der Waals surface area contributed by atoms with Crippen molar-refractivity contribution in [3.63, 3.8) is 0 Å². The van der Waals surface area contributed by atoms with Gasteiger partial charge < -0.3 is 9.13 Å². The minimum Gasteiger partial charge on any atom is -0.309 e. The molecule has 9 heteroatoms. The summed E-state index contributed by atoms with van der Waals surface area (Å²) in [5.74, 6) is 0.578. The van der Waals surface area contributed by atoms with Crippen molar-refractivity contribution in [3.8, 4) is 107 Å². The smallest absolute Gasteiger partial charge is 0.309 e. The van der Waals surface area contributed by atoms with Gasteiger partial charge in [-0.05, 0) is 147 Å². The number of nitriles is 1. The van der Waals surface area contributed by atoms with Crippen LogP contribution in [-0.2, 0) is 6.18 Å². The Morgan fingerprint density at radius 2 is 0.628 bits per heavy atom. The van der Waals surface area contributed by atoms with E-state index in [1.165, 1.54) is 6.07 Å². The first kappa shape index (κ1) is 51.4. The van der Waals surface area contributed by atoms with Crippen LogP contribution in [0.3, 0.4) is 0 Å². The Kier molecular flexibility index (Phi) is 12.6. The third-order valence-corrected chi connectivity index (χ3v) is 16.3. The molecule has 0 N–H and O–H groups in total. The molecular formula is C77H47F3N6. The minimum atomic E-state index is -4.72. The zero-order chi connectivity index (χ0) is 57.9. The van der Waals surface area contributed by atoms with E-state index < -0.39 is 11.7 Å². The van der Waals surface area contributed by atoms with Crippen molar-refractivity contribution < 1.29 is 13.2 Å². The Hall–Kier alpha value is -11.5. The standard InChI is InChI=1S/C77H47F3N6/c78-77(79,80)61-35-41-72(85-68-37-31-56(50-16-6-1-7-17-50)42-63(68)64-43-57(32-38-69(64)85)51-18-8-2-9-19-51)67(47-61)76-83-74(55-24-14-5-15-25-55)82-75(84-76)62-36-30-60(54-28-26-49(48-81)27-29-54)46-73(62)86-70-39-33-58(52-20-10-3-11-21-52)44-65(70)66-45-59(34-40-71(66)86)53-22-12-4-13-23-53/h1-47H. The van der Waals surface area contributed by atoms with Crippen LogP contribution in [0.4, 0.5) is 13.2 Å². The molecule has 0 fully saturated rings. The van der Waals surface area contributed by atoms with Crippen LogP contribution < -0.4 is 0 Å². The Morgan fingerprint density at radius 1 is 0.291 bits per heavy atom. The number of benzene rings is 12. The summed E-state index contributed by atoms with van der Waals surface area (Å²) < 4.78 is 50.5. The van der Waals surface area contributed by atoms with Crippen molar-refractivity contribution in [1.82, 2.24) is 24.1 Å². The molecule has 0 aliphatic rings. The maximum absolute atomic E-state index is 15.4. The van der Waals surface area contributed by atoms with Gasteiger partial charge in [-0.2, -0.15) is 18.4 Å². The van der Waals surface area contributed by atoms with Crippen LogP contribution in [0.2, 0.25) is 0 Å². The Labute approximate surface area is 493 Å². The van der Waals surface area contributed by atoms with Gasteiger partial charge in [0.2, 0.25) is 0 Å². The summed E-state index contributed by atoms with van der Waals surface area (Å²) in [6.07, 6.45) is -4.72. The fourth-order valence-electron chi connectivity index (χ4n) is 12.0. The number of hydrogen-bond acceptors (Lipinski definition) is 4. The summed E-state index contributed by atoms with van der Waals surface area (Å²) in [5.41, 5.74) is 15.8.